The maximum atomic E-state index is 10.4. The van der Waals surface area contributed by atoms with Crippen molar-refractivity contribution in [3.63, 3.8) is 0 Å². The molecule has 1 heterocycles. The van der Waals surface area contributed by atoms with E-state index in [1.807, 2.05) is 0 Å². The van der Waals surface area contributed by atoms with E-state index in [-0.39, 0.29) is 11.7 Å². The number of β-amino-alcohol motifs (C(OH)–C–C–N with tert-alkyl or cyclic N) is 1. The minimum Gasteiger partial charge on any atom is -0.389 e. The number of aliphatic hydroxyl groups excluding tert-OH is 1. The van der Waals surface area contributed by atoms with Crippen LogP contribution in [0.1, 0.15) is 58.3 Å². The first-order valence-electron chi connectivity index (χ1n) is 9.64. The van der Waals surface area contributed by atoms with Gasteiger partial charge in [-0.15, -0.1) is 0 Å². The summed E-state index contributed by atoms with van der Waals surface area (Å²) in [6, 6.07) is 0. The lowest BCUT2D eigenvalue weighted by molar-refractivity contribution is -0.176. The Hall–Kier alpha value is -0.120. The van der Waals surface area contributed by atoms with Crippen molar-refractivity contribution in [3.05, 3.63) is 0 Å². The van der Waals surface area contributed by atoms with Crippen LogP contribution in [0.5, 0.6) is 0 Å². The lowest BCUT2D eigenvalue weighted by Gasteiger charge is -2.56. The number of rotatable bonds is 5. The van der Waals surface area contributed by atoms with Crippen LogP contribution in [0, 0.1) is 23.7 Å². The predicted molar refractivity (Wildman–Crippen MR) is 87.7 cm³/mol. The van der Waals surface area contributed by atoms with Crippen LogP contribution in [0.25, 0.3) is 0 Å². The van der Waals surface area contributed by atoms with Crippen molar-refractivity contribution >= 4 is 0 Å². The summed E-state index contributed by atoms with van der Waals surface area (Å²) in [6.07, 6.45) is 10.5. The van der Waals surface area contributed by atoms with Crippen molar-refractivity contribution in [2.75, 3.05) is 26.2 Å². The van der Waals surface area contributed by atoms with Gasteiger partial charge in [-0.2, -0.15) is 0 Å². The van der Waals surface area contributed by atoms with Gasteiger partial charge in [-0.1, -0.05) is 6.92 Å². The van der Waals surface area contributed by atoms with Crippen molar-refractivity contribution in [1.29, 1.82) is 0 Å². The maximum Gasteiger partial charge on any atom is 0.0900 e. The van der Waals surface area contributed by atoms with E-state index < -0.39 is 0 Å². The zero-order valence-electron chi connectivity index (χ0n) is 14.2. The molecule has 0 radical (unpaired) electrons. The quantitative estimate of drug-likeness (QED) is 0.847. The van der Waals surface area contributed by atoms with Crippen LogP contribution in [-0.2, 0) is 4.74 Å². The minimum absolute atomic E-state index is 0.144. The number of ether oxygens (including phenoxy) is 1. The molecule has 1 N–H and O–H groups in total. The molecule has 1 saturated heterocycles. The second-order valence-corrected chi connectivity index (χ2v) is 9.07. The third-order valence-corrected chi connectivity index (χ3v) is 6.77. The van der Waals surface area contributed by atoms with Gasteiger partial charge in [0.05, 0.1) is 18.3 Å². The lowest BCUT2D eigenvalue weighted by Crippen LogP contribution is -2.53. The first-order valence-corrected chi connectivity index (χ1v) is 9.64. The molecule has 0 aromatic heterocycles. The fourth-order valence-electron chi connectivity index (χ4n) is 6.28. The molecular weight excluding hydrogens is 274 g/mol. The van der Waals surface area contributed by atoms with Gasteiger partial charge in [-0.05, 0) is 81.6 Å². The average Bonchev–Trinajstić information content (AvgIpc) is 2.44. The minimum atomic E-state index is -0.307. The molecule has 3 heteroatoms. The van der Waals surface area contributed by atoms with Crippen LogP contribution in [-0.4, -0.2) is 48.0 Å². The van der Waals surface area contributed by atoms with Crippen molar-refractivity contribution in [2.24, 2.45) is 23.7 Å². The van der Waals surface area contributed by atoms with Crippen molar-refractivity contribution in [2.45, 2.75) is 70.0 Å². The van der Waals surface area contributed by atoms with Gasteiger partial charge in [0, 0.05) is 13.1 Å². The Morgan fingerprint density at radius 2 is 1.77 bits per heavy atom. The topological polar surface area (TPSA) is 32.7 Å². The number of hydrogen-bond acceptors (Lipinski definition) is 3. The molecule has 5 rings (SSSR count). The summed E-state index contributed by atoms with van der Waals surface area (Å²) in [7, 11) is 0. The van der Waals surface area contributed by atoms with E-state index in [1.54, 1.807) is 0 Å². The van der Waals surface area contributed by atoms with Gasteiger partial charge in [0.1, 0.15) is 0 Å². The van der Waals surface area contributed by atoms with Gasteiger partial charge in [0.15, 0.2) is 0 Å². The van der Waals surface area contributed by atoms with Gasteiger partial charge in [-0.3, -0.25) is 0 Å². The number of likely N-dealkylation sites (tertiary alicyclic amines) is 1. The standard InChI is InChI=1S/C19H33NO2/c1-14-3-2-4-20(11-14)12-18(21)13-22-19-8-15-5-16(9-19)7-17(6-15)10-19/h14-18,21H,2-13H2,1H3/t14-,15?,16?,17?,18-,19?/m1/s1. The smallest absolute Gasteiger partial charge is 0.0900 e. The fraction of sp³-hybridized carbons (Fsp3) is 1.00. The van der Waals surface area contributed by atoms with E-state index in [0.717, 1.165) is 43.3 Å². The molecule has 3 nitrogen and oxygen atoms in total. The molecule has 4 saturated carbocycles. The summed E-state index contributed by atoms with van der Waals surface area (Å²) in [6.45, 7) is 5.98. The SMILES string of the molecule is C[C@@H]1CCCN(C[C@@H](O)COC23CC4CC(CC(C4)C2)C3)C1. The summed E-state index contributed by atoms with van der Waals surface area (Å²) in [5, 5.41) is 10.4. The highest BCUT2D eigenvalue weighted by Gasteiger charge is 2.51. The van der Waals surface area contributed by atoms with Crippen LogP contribution >= 0.6 is 0 Å². The molecule has 5 fully saturated rings. The first-order chi connectivity index (χ1) is 10.6. The highest BCUT2D eigenvalue weighted by molar-refractivity contribution is 5.03. The summed E-state index contributed by atoms with van der Waals surface area (Å²) < 4.78 is 6.40. The van der Waals surface area contributed by atoms with Crippen molar-refractivity contribution < 1.29 is 9.84 Å². The van der Waals surface area contributed by atoms with E-state index in [0.29, 0.717) is 6.61 Å². The Balaban J connectivity index is 1.27. The van der Waals surface area contributed by atoms with E-state index in [1.165, 1.54) is 51.4 Å². The number of nitrogens with zero attached hydrogens (tertiary/aromatic N) is 1. The maximum absolute atomic E-state index is 10.4. The molecule has 2 atom stereocenters. The van der Waals surface area contributed by atoms with Crippen LogP contribution in [0.3, 0.4) is 0 Å². The molecule has 0 aromatic carbocycles. The number of aliphatic hydroxyl groups is 1. The molecule has 1 aliphatic heterocycles. The Bertz CT molecular complexity index is 362. The molecule has 0 unspecified atom stereocenters. The van der Waals surface area contributed by atoms with Crippen LogP contribution in [0.15, 0.2) is 0 Å². The van der Waals surface area contributed by atoms with Crippen LogP contribution in [0.4, 0.5) is 0 Å². The van der Waals surface area contributed by atoms with Crippen molar-refractivity contribution in [1.82, 2.24) is 4.90 Å². The van der Waals surface area contributed by atoms with Gasteiger partial charge in [-0.25, -0.2) is 0 Å². The monoisotopic (exact) mass is 307 g/mol. The fourth-order valence-corrected chi connectivity index (χ4v) is 6.28. The number of hydrogen-bond donors (Lipinski definition) is 1. The largest absolute Gasteiger partial charge is 0.389 e. The van der Waals surface area contributed by atoms with Crippen LogP contribution < -0.4 is 0 Å². The molecule has 0 amide bonds. The Morgan fingerprint density at radius 1 is 1.14 bits per heavy atom. The molecule has 126 valence electrons. The molecular formula is C19H33NO2. The Labute approximate surface area is 135 Å². The first kappa shape index (κ1) is 15.4. The summed E-state index contributed by atoms with van der Waals surface area (Å²) in [5.74, 6) is 3.55. The second kappa shape index (κ2) is 6.07. The summed E-state index contributed by atoms with van der Waals surface area (Å²) >= 11 is 0. The number of piperidine rings is 1. The third kappa shape index (κ3) is 3.22. The second-order valence-electron chi connectivity index (χ2n) is 9.07. The third-order valence-electron chi connectivity index (χ3n) is 6.77. The lowest BCUT2D eigenvalue weighted by atomic mass is 9.54. The molecule has 22 heavy (non-hydrogen) atoms. The van der Waals surface area contributed by atoms with Crippen LogP contribution in [0.2, 0.25) is 0 Å². The summed E-state index contributed by atoms with van der Waals surface area (Å²) in [5.41, 5.74) is 0.144. The van der Waals surface area contributed by atoms with Gasteiger partial charge in [0.2, 0.25) is 0 Å². The van der Waals surface area contributed by atoms with E-state index in [4.69, 9.17) is 4.74 Å². The molecule has 5 aliphatic rings. The predicted octanol–water partition coefficient (Wildman–Crippen LogP) is 3.06. The average molecular weight is 307 g/mol. The van der Waals surface area contributed by atoms with Gasteiger partial charge >= 0.3 is 0 Å². The van der Waals surface area contributed by atoms with Gasteiger partial charge < -0.3 is 14.7 Å². The normalized spacial score (nSPS) is 46.1. The van der Waals surface area contributed by atoms with Gasteiger partial charge in [0.25, 0.3) is 0 Å². The van der Waals surface area contributed by atoms with E-state index in [2.05, 4.69) is 11.8 Å². The molecule has 0 spiro atoms. The zero-order chi connectivity index (χ0) is 15.2. The zero-order valence-corrected chi connectivity index (χ0v) is 14.2. The summed E-state index contributed by atoms with van der Waals surface area (Å²) in [4.78, 5) is 2.43. The van der Waals surface area contributed by atoms with Crippen molar-refractivity contribution in [3.8, 4) is 0 Å². The molecule has 4 bridgehead atoms. The highest BCUT2D eigenvalue weighted by atomic mass is 16.5. The Morgan fingerprint density at radius 3 is 2.36 bits per heavy atom. The molecule has 0 aromatic rings. The van der Waals surface area contributed by atoms with E-state index >= 15 is 0 Å². The highest BCUT2D eigenvalue weighted by Crippen LogP contribution is 2.57. The molecule has 4 aliphatic carbocycles. The van der Waals surface area contributed by atoms with E-state index in [9.17, 15) is 5.11 Å². The Kier molecular flexibility index (Phi) is 4.25.